The number of benzene rings is 2. The molecule has 0 saturated heterocycles. The monoisotopic (exact) mass is 336 g/mol. The number of ether oxygens (including phenoxy) is 1. The van der Waals surface area contributed by atoms with Crippen LogP contribution in [0.25, 0.3) is 0 Å². The Hall–Kier alpha value is -0.990. The molecule has 0 fully saturated rings. The minimum atomic E-state index is -0.0534. The van der Waals surface area contributed by atoms with E-state index in [0.29, 0.717) is 5.92 Å². The fourth-order valence-electron chi connectivity index (χ4n) is 2.70. The minimum Gasteiger partial charge on any atom is -0.496 e. The maximum atomic E-state index is 6.69. The van der Waals surface area contributed by atoms with Crippen LogP contribution in [0.2, 0.25) is 0 Å². The van der Waals surface area contributed by atoms with Gasteiger partial charge in [0.05, 0.1) is 12.5 Å². The lowest BCUT2D eigenvalue weighted by Gasteiger charge is -2.34. The van der Waals surface area contributed by atoms with Crippen molar-refractivity contribution < 1.29 is 4.74 Å². The first kappa shape index (κ1) is 13.0. The highest BCUT2D eigenvalue weighted by atomic mass is 79.9. The second-order valence-corrected chi connectivity index (χ2v) is 6.18. The number of alkyl halides is 1. The second-order valence-electron chi connectivity index (χ2n) is 4.80. The summed E-state index contributed by atoms with van der Waals surface area (Å²) in [5, 5.41) is -0.0534. The van der Waals surface area contributed by atoms with Crippen molar-refractivity contribution in [2.24, 2.45) is 0 Å². The minimum absolute atomic E-state index is 0.0534. The van der Waals surface area contributed by atoms with Crippen LogP contribution in [0.15, 0.2) is 46.9 Å². The van der Waals surface area contributed by atoms with Gasteiger partial charge in [0, 0.05) is 16.0 Å². The van der Waals surface area contributed by atoms with Crippen LogP contribution in [0, 0.1) is 0 Å². The van der Waals surface area contributed by atoms with E-state index in [1.54, 1.807) is 7.11 Å². The molecule has 0 amide bonds. The summed E-state index contributed by atoms with van der Waals surface area (Å²) < 4.78 is 6.45. The van der Waals surface area contributed by atoms with E-state index in [1.165, 1.54) is 11.1 Å². The highest BCUT2D eigenvalue weighted by Gasteiger charge is 2.33. The fraction of sp³-hybridized carbons (Fsp3) is 0.250. The molecule has 19 heavy (non-hydrogen) atoms. The maximum Gasteiger partial charge on any atom is 0.123 e. The molecule has 0 aliphatic heterocycles. The molecule has 0 N–H and O–H groups in total. The third kappa shape index (κ3) is 2.28. The van der Waals surface area contributed by atoms with Crippen molar-refractivity contribution in [1.29, 1.82) is 0 Å². The first-order valence-corrected chi connectivity index (χ1v) is 7.49. The van der Waals surface area contributed by atoms with Gasteiger partial charge in [0.25, 0.3) is 0 Å². The first-order chi connectivity index (χ1) is 9.20. The fourth-order valence-corrected chi connectivity index (χ4v) is 3.47. The van der Waals surface area contributed by atoms with Crippen LogP contribution < -0.4 is 4.74 Å². The van der Waals surface area contributed by atoms with Crippen molar-refractivity contribution in [3.63, 3.8) is 0 Å². The standard InChI is InChI=1S/C16H14BrClO/c1-19-15-7-6-11(17)9-14(15)16(18)13-8-10-4-2-3-5-12(10)13/h2-7,9,13,16H,8H2,1H3. The molecule has 3 heteroatoms. The molecule has 2 unspecified atom stereocenters. The highest BCUT2D eigenvalue weighted by molar-refractivity contribution is 9.10. The van der Waals surface area contributed by atoms with Gasteiger partial charge in [-0.25, -0.2) is 0 Å². The van der Waals surface area contributed by atoms with Gasteiger partial charge < -0.3 is 4.74 Å². The number of halogens is 2. The molecule has 1 aliphatic rings. The van der Waals surface area contributed by atoms with Gasteiger partial charge in [-0.05, 0) is 35.7 Å². The Morgan fingerprint density at radius 1 is 1.26 bits per heavy atom. The average molecular weight is 338 g/mol. The summed E-state index contributed by atoms with van der Waals surface area (Å²) in [5.74, 6) is 1.23. The molecule has 0 bridgehead atoms. The summed E-state index contributed by atoms with van der Waals surface area (Å²) in [5.41, 5.74) is 3.83. The Balaban J connectivity index is 1.94. The molecule has 1 nitrogen and oxygen atoms in total. The van der Waals surface area contributed by atoms with Gasteiger partial charge in [0.15, 0.2) is 0 Å². The van der Waals surface area contributed by atoms with E-state index in [4.69, 9.17) is 16.3 Å². The molecule has 0 spiro atoms. The summed E-state index contributed by atoms with van der Waals surface area (Å²) in [6.07, 6.45) is 1.04. The van der Waals surface area contributed by atoms with Gasteiger partial charge in [-0.1, -0.05) is 40.2 Å². The third-order valence-electron chi connectivity index (χ3n) is 3.74. The molecular weight excluding hydrogens is 324 g/mol. The highest BCUT2D eigenvalue weighted by Crippen LogP contribution is 2.49. The summed E-state index contributed by atoms with van der Waals surface area (Å²) in [6.45, 7) is 0. The molecule has 1 aliphatic carbocycles. The predicted octanol–water partition coefficient (Wildman–Crippen LogP) is 5.08. The molecule has 2 aromatic carbocycles. The SMILES string of the molecule is COc1ccc(Br)cc1C(Cl)C1Cc2ccccc21. The Kier molecular flexibility index (Phi) is 3.55. The van der Waals surface area contributed by atoms with Crippen molar-refractivity contribution in [1.82, 2.24) is 0 Å². The van der Waals surface area contributed by atoms with Gasteiger partial charge >= 0.3 is 0 Å². The van der Waals surface area contributed by atoms with Gasteiger partial charge in [-0.15, -0.1) is 11.6 Å². The Morgan fingerprint density at radius 2 is 2.05 bits per heavy atom. The average Bonchev–Trinajstić information content (AvgIpc) is 2.40. The van der Waals surface area contributed by atoms with Crippen LogP contribution in [0.4, 0.5) is 0 Å². The van der Waals surface area contributed by atoms with Gasteiger partial charge in [-0.2, -0.15) is 0 Å². The Morgan fingerprint density at radius 3 is 2.79 bits per heavy atom. The number of hydrogen-bond donors (Lipinski definition) is 0. The molecule has 0 radical (unpaired) electrons. The number of rotatable bonds is 3. The molecule has 0 heterocycles. The molecule has 2 aromatic rings. The molecule has 2 atom stereocenters. The third-order valence-corrected chi connectivity index (χ3v) is 4.77. The zero-order chi connectivity index (χ0) is 13.4. The van der Waals surface area contributed by atoms with Gasteiger partial charge in [0.2, 0.25) is 0 Å². The van der Waals surface area contributed by atoms with Crippen LogP contribution in [0.3, 0.4) is 0 Å². The van der Waals surface area contributed by atoms with E-state index in [0.717, 1.165) is 22.2 Å². The quantitative estimate of drug-likeness (QED) is 0.710. The van der Waals surface area contributed by atoms with E-state index in [1.807, 2.05) is 12.1 Å². The number of methoxy groups -OCH3 is 1. The summed E-state index contributed by atoms with van der Waals surface area (Å²) in [7, 11) is 1.69. The molecular formula is C16H14BrClO. The van der Waals surface area contributed by atoms with E-state index < -0.39 is 0 Å². The lowest BCUT2D eigenvalue weighted by molar-refractivity contribution is 0.405. The first-order valence-electron chi connectivity index (χ1n) is 6.26. The van der Waals surface area contributed by atoms with E-state index in [2.05, 4.69) is 46.3 Å². The molecule has 0 saturated carbocycles. The predicted molar refractivity (Wildman–Crippen MR) is 82.2 cm³/mol. The Labute approximate surface area is 126 Å². The zero-order valence-electron chi connectivity index (χ0n) is 10.6. The number of hydrogen-bond acceptors (Lipinski definition) is 1. The van der Waals surface area contributed by atoms with E-state index >= 15 is 0 Å². The van der Waals surface area contributed by atoms with Crippen molar-refractivity contribution in [3.05, 3.63) is 63.6 Å². The van der Waals surface area contributed by atoms with Crippen molar-refractivity contribution in [3.8, 4) is 5.75 Å². The largest absolute Gasteiger partial charge is 0.496 e. The van der Waals surface area contributed by atoms with Crippen LogP contribution in [-0.4, -0.2) is 7.11 Å². The van der Waals surface area contributed by atoms with Crippen LogP contribution in [0.5, 0.6) is 5.75 Å². The van der Waals surface area contributed by atoms with E-state index in [9.17, 15) is 0 Å². The summed E-state index contributed by atoms with van der Waals surface area (Å²) in [6, 6.07) is 14.5. The van der Waals surface area contributed by atoms with Crippen LogP contribution in [0.1, 0.15) is 28.0 Å². The van der Waals surface area contributed by atoms with Crippen LogP contribution >= 0.6 is 27.5 Å². The lowest BCUT2D eigenvalue weighted by atomic mass is 9.74. The van der Waals surface area contributed by atoms with Gasteiger partial charge in [-0.3, -0.25) is 0 Å². The van der Waals surface area contributed by atoms with E-state index in [-0.39, 0.29) is 5.38 Å². The van der Waals surface area contributed by atoms with Crippen molar-refractivity contribution in [2.45, 2.75) is 17.7 Å². The van der Waals surface area contributed by atoms with Gasteiger partial charge in [0.1, 0.15) is 5.75 Å². The second kappa shape index (κ2) is 5.18. The summed E-state index contributed by atoms with van der Waals surface area (Å²) >= 11 is 10.2. The van der Waals surface area contributed by atoms with Crippen LogP contribution in [-0.2, 0) is 6.42 Å². The van der Waals surface area contributed by atoms with Crippen molar-refractivity contribution >= 4 is 27.5 Å². The summed E-state index contributed by atoms with van der Waals surface area (Å²) in [4.78, 5) is 0. The zero-order valence-corrected chi connectivity index (χ0v) is 12.9. The maximum absolute atomic E-state index is 6.69. The smallest absolute Gasteiger partial charge is 0.123 e. The molecule has 0 aromatic heterocycles. The molecule has 3 rings (SSSR count). The topological polar surface area (TPSA) is 9.23 Å². The molecule has 98 valence electrons. The normalized spacial score (nSPS) is 18.4. The lowest BCUT2D eigenvalue weighted by Crippen LogP contribution is -2.21. The van der Waals surface area contributed by atoms with Crippen molar-refractivity contribution in [2.75, 3.05) is 7.11 Å². The Bertz CT molecular complexity index is 611. The number of fused-ring (bicyclic) bond motifs is 1.